The van der Waals surface area contributed by atoms with E-state index >= 15 is 0 Å². The lowest BCUT2D eigenvalue weighted by Gasteiger charge is -2.09. The number of amides is 1. The van der Waals surface area contributed by atoms with Gasteiger partial charge in [0.1, 0.15) is 5.75 Å². The average molecular weight is 422 g/mol. The number of ether oxygens (including phenoxy) is 1. The summed E-state index contributed by atoms with van der Waals surface area (Å²) in [5.41, 5.74) is 8.03. The standard InChI is InChI=1S/C21H25F3N4O2/c1-2-3-12-26-19(29)17-8-4-15(5-9-17)13-27-20(25)28-14-16-6-10-18(11-7-16)30-21(22,23)24/h4-11H,2-3,12-14H2,1H3,(H,26,29)(H3,25,27,28). The molecule has 30 heavy (non-hydrogen) atoms. The van der Waals surface area contributed by atoms with E-state index in [1.54, 1.807) is 12.1 Å². The number of halogens is 3. The second-order valence-electron chi connectivity index (χ2n) is 6.55. The fourth-order valence-corrected chi connectivity index (χ4v) is 2.48. The summed E-state index contributed by atoms with van der Waals surface area (Å²) in [4.78, 5) is 16.1. The zero-order chi connectivity index (χ0) is 22.0. The Kier molecular flexibility index (Phi) is 8.52. The second-order valence-corrected chi connectivity index (χ2v) is 6.55. The maximum atomic E-state index is 12.2. The van der Waals surface area contributed by atoms with E-state index in [1.165, 1.54) is 24.3 Å². The van der Waals surface area contributed by atoms with Crippen LogP contribution < -0.4 is 21.1 Å². The SMILES string of the molecule is CCCCNC(=O)c1ccc(CNC(N)=NCc2ccc(OC(F)(F)F)cc2)cc1. The Hall–Kier alpha value is -3.23. The van der Waals surface area contributed by atoms with Crippen molar-refractivity contribution in [1.29, 1.82) is 0 Å². The van der Waals surface area contributed by atoms with Crippen molar-refractivity contribution in [2.24, 2.45) is 10.7 Å². The first kappa shape index (κ1) is 23.1. The van der Waals surface area contributed by atoms with Gasteiger partial charge in [-0.3, -0.25) is 4.79 Å². The summed E-state index contributed by atoms with van der Waals surface area (Å²) in [6.45, 7) is 3.35. The average Bonchev–Trinajstić information content (AvgIpc) is 2.71. The summed E-state index contributed by atoms with van der Waals surface area (Å²) in [6, 6.07) is 12.6. The van der Waals surface area contributed by atoms with E-state index < -0.39 is 6.36 Å². The van der Waals surface area contributed by atoms with Gasteiger partial charge in [0.15, 0.2) is 5.96 Å². The highest BCUT2D eigenvalue weighted by Gasteiger charge is 2.30. The molecule has 6 nitrogen and oxygen atoms in total. The van der Waals surface area contributed by atoms with Crippen molar-refractivity contribution < 1.29 is 22.7 Å². The Morgan fingerprint density at radius 2 is 1.67 bits per heavy atom. The molecule has 2 rings (SSSR count). The molecule has 4 N–H and O–H groups in total. The minimum absolute atomic E-state index is 0.101. The number of alkyl halides is 3. The number of carbonyl (C=O) groups is 1. The molecule has 0 saturated carbocycles. The molecule has 0 aromatic heterocycles. The molecule has 1 amide bonds. The molecule has 0 aliphatic heterocycles. The third-order valence-corrected chi connectivity index (χ3v) is 4.09. The number of rotatable bonds is 9. The van der Waals surface area contributed by atoms with Crippen molar-refractivity contribution in [3.63, 3.8) is 0 Å². The third kappa shape index (κ3) is 8.42. The molecule has 2 aromatic rings. The summed E-state index contributed by atoms with van der Waals surface area (Å²) in [5, 5.41) is 5.82. The first-order chi connectivity index (χ1) is 14.3. The van der Waals surface area contributed by atoms with Gasteiger partial charge in [-0.25, -0.2) is 4.99 Å². The number of aliphatic imine (C=N–C) groups is 1. The number of carbonyl (C=O) groups excluding carboxylic acids is 1. The van der Waals surface area contributed by atoms with Gasteiger partial charge in [0.2, 0.25) is 0 Å². The van der Waals surface area contributed by atoms with E-state index in [-0.39, 0.29) is 24.2 Å². The van der Waals surface area contributed by atoms with Crippen LogP contribution in [0, 0.1) is 0 Å². The lowest BCUT2D eigenvalue weighted by molar-refractivity contribution is -0.274. The maximum Gasteiger partial charge on any atom is 0.573 e. The van der Waals surface area contributed by atoms with Gasteiger partial charge in [0.05, 0.1) is 6.54 Å². The molecule has 0 fully saturated rings. The lowest BCUT2D eigenvalue weighted by atomic mass is 10.1. The van der Waals surface area contributed by atoms with E-state index in [2.05, 4.69) is 27.3 Å². The van der Waals surface area contributed by atoms with Crippen molar-refractivity contribution in [2.45, 2.75) is 39.2 Å². The van der Waals surface area contributed by atoms with Gasteiger partial charge in [0.25, 0.3) is 5.91 Å². The molecular formula is C21H25F3N4O2. The predicted molar refractivity (Wildman–Crippen MR) is 109 cm³/mol. The van der Waals surface area contributed by atoms with Crippen LogP contribution in [0.1, 0.15) is 41.3 Å². The van der Waals surface area contributed by atoms with Crippen LogP contribution in [0.5, 0.6) is 5.75 Å². The van der Waals surface area contributed by atoms with E-state index in [1.807, 2.05) is 12.1 Å². The van der Waals surface area contributed by atoms with E-state index in [0.29, 0.717) is 24.2 Å². The Morgan fingerprint density at radius 1 is 1.03 bits per heavy atom. The minimum atomic E-state index is -4.72. The van der Waals surface area contributed by atoms with Crippen LogP contribution in [-0.2, 0) is 13.1 Å². The first-order valence-electron chi connectivity index (χ1n) is 9.52. The molecule has 162 valence electrons. The summed E-state index contributed by atoms with van der Waals surface area (Å²) in [7, 11) is 0. The Morgan fingerprint density at radius 3 is 2.27 bits per heavy atom. The number of guanidine groups is 1. The van der Waals surface area contributed by atoms with Crippen LogP contribution in [0.15, 0.2) is 53.5 Å². The minimum Gasteiger partial charge on any atom is -0.406 e. The Bertz CT molecular complexity index is 835. The number of benzene rings is 2. The van der Waals surface area contributed by atoms with Crippen molar-refractivity contribution in [3.8, 4) is 5.75 Å². The molecule has 0 spiro atoms. The van der Waals surface area contributed by atoms with Crippen LogP contribution in [-0.4, -0.2) is 24.8 Å². The first-order valence-corrected chi connectivity index (χ1v) is 9.52. The van der Waals surface area contributed by atoms with Crippen LogP contribution in [0.3, 0.4) is 0 Å². The summed E-state index contributed by atoms with van der Waals surface area (Å²) < 4.78 is 40.3. The highest BCUT2D eigenvalue weighted by molar-refractivity contribution is 5.94. The van der Waals surface area contributed by atoms with Gasteiger partial charge in [-0.15, -0.1) is 13.2 Å². The molecule has 0 bridgehead atoms. The number of hydrogen-bond donors (Lipinski definition) is 3. The monoisotopic (exact) mass is 422 g/mol. The quantitative estimate of drug-likeness (QED) is 0.327. The highest BCUT2D eigenvalue weighted by atomic mass is 19.4. The Balaban J connectivity index is 1.80. The molecule has 0 radical (unpaired) electrons. The van der Waals surface area contributed by atoms with Gasteiger partial charge in [-0.1, -0.05) is 37.6 Å². The van der Waals surface area contributed by atoms with E-state index in [4.69, 9.17) is 5.73 Å². The molecule has 0 aliphatic carbocycles. The van der Waals surface area contributed by atoms with Crippen LogP contribution in [0.2, 0.25) is 0 Å². The lowest BCUT2D eigenvalue weighted by Crippen LogP contribution is -2.31. The summed E-state index contributed by atoms with van der Waals surface area (Å²) >= 11 is 0. The number of hydrogen-bond acceptors (Lipinski definition) is 3. The van der Waals surface area contributed by atoms with Gasteiger partial charge < -0.3 is 21.1 Å². The number of unbranched alkanes of at least 4 members (excludes halogenated alkanes) is 1. The molecular weight excluding hydrogens is 397 g/mol. The second kappa shape index (κ2) is 11.1. The highest BCUT2D eigenvalue weighted by Crippen LogP contribution is 2.22. The predicted octanol–water partition coefficient (Wildman–Crippen LogP) is 3.72. The fourth-order valence-electron chi connectivity index (χ4n) is 2.48. The van der Waals surface area contributed by atoms with Crippen LogP contribution >= 0.6 is 0 Å². The molecule has 2 aromatic carbocycles. The van der Waals surface area contributed by atoms with E-state index in [9.17, 15) is 18.0 Å². The summed E-state index contributed by atoms with van der Waals surface area (Å²) in [5.74, 6) is -0.188. The van der Waals surface area contributed by atoms with Gasteiger partial charge in [0, 0.05) is 18.7 Å². The van der Waals surface area contributed by atoms with E-state index in [0.717, 1.165) is 18.4 Å². The Labute approximate surface area is 173 Å². The third-order valence-electron chi connectivity index (χ3n) is 4.09. The van der Waals surface area contributed by atoms with Gasteiger partial charge in [-0.2, -0.15) is 0 Å². The van der Waals surface area contributed by atoms with Gasteiger partial charge >= 0.3 is 6.36 Å². The topological polar surface area (TPSA) is 88.7 Å². The fraction of sp³-hybridized carbons (Fsp3) is 0.333. The molecule has 0 atom stereocenters. The largest absolute Gasteiger partial charge is 0.573 e. The molecule has 0 aliphatic rings. The summed E-state index contributed by atoms with van der Waals surface area (Å²) in [6.07, 6.45) is -2.76. The zero-order valence-electron chi connectivity index (χ0n) is 16.6. The number of nitrogens with one attached hydrogen (secondary N) is 2. The number of nitrogens with two attached hydrogens (primary N) is 1. The maximum absolute atomic E-state index is 12.2. The normalized spacial score (nSPS) is 11.8. The smallest absolute Gasteiger partial charge is 0.406 e. The van der Waals surface area contributed by atoms with Crippen LogP contribution in [0.25, 0.3) is 0 Å². The zero-order valence-corrected chi connectivity index (χ0v) is 16.6. The van der Waals surface area contributed by atoms with Crippen molar-refractivity contribution in [1.82, 2.24) is 10.6 Å². The molecule has 0 saturated heterocycles. The number of nitrogens with zero attached hydrogens (tertiary/aromatic N) is 1. The molecule has 0 heterocycles. The van der Waals surface area contributed by atoms with Crippen molar-refractivity contribution in [3.05, 3.63) is 65.2 Å². The molecule has 9 heteroatoms. The van der Waals surface area contributed by atoms with Gasteiger partial charge in [-0.05, 0) is 41.8 Å². The molecule has 0 unspecified atom stereocenters. The van der Waals surface area contributed by atoms with Crippen LogP contribution in [0.4, 0.5) is 13.2 Å². The van der Waals surface area contributed by atoms with Crippen molar-refractivity contribution >= 4 is 11.9 Å². The van der Waals surface area contributed by atoms with Crippen molar-refractivity contribution in [2.75, 3.05) is 6.54 Å².